The number of nitrogens with zero attached hydrogens (tertiary/aromatic N) is 1. The van der Waals surface area contributed by atoms with Crippen molar-refractivity contribution in [1.29, 1.82) is 0 Å². The number of hydrogen-bond acceptors (Lipinski definition) is 5. The lowest BCUT2D eigenvalue weighted by atomic mass is 9.87. The molecule has 0 radical (unpaired) electrons. The molecule has 0 saturated heterocycles. The highest BCUT2D eigenvalue weighted by molar-refractivity contribution is 7.89. The number of aliphatic hydroxyl groups excluding tert-OH is 2. The van der Waals surface area contributed by atoms with E-state index in [1.54, 1.807) is 0 Å². The lowest BCUT2D eigenvalue weighted by molar-refractivity contribution is -0.136. The second kappa shape index (κ2) is 6.46. The van der Waals surface area contributed by atoms with Crippen LogP contribution in [0.3, 0.4) is 0 Å². The Morgan fingerprint density at radius 2 is 1.89 bits per heavy atom. The van der Waals surface area contributed by atoms with Gasteiger partial charge in [-0.25, -0.2) is 12.7 Å². The van der Waals surface area contributed by atoms with Gasteiger partial charge in [-0.15, -0.1) is 0 Å². The normalized spacial score (nSPS) is 14.6. The number of rotatable bonds is 7. The number of aliphatic hydroxyl groups is 2. The summed E-state index contributed by atoms with van der Waals surface area (Å²) >= 11 is 0. The summed E-state index contributed by atoms with van der Waals surface area (Å²) in [5.74, 6) is -0.930. The fourth-order valence-electron chi connectivity index (χ4n) is 1.02. The lowest BCUT2D eigenvalue weighted by Crippen LogP contribution is -2.46. The number of carbonyl (C=O) groups excluding carboxylic acids is 1. The largest absolute Gasteiger partial charge is 0.396 e. The van der Waals surface area contributed by atoms with Gasteiger partial charge in [-0.2, -0.15) is 0 Å². The monoisotopic (exact) mass is 282 g/mol. The number of sulfonamides is 1. The Morgan fingerprint density at radius 3 is 2.28 bits per heavy atom. The minimum absolute atomic E-state index is 0.0854. The van der Waals surface area contributed by atoms with Crippen LogP contribution in [0.25, 0.3) is 0 Å². The molecule has 0 aliphatic rings. The standard InChI is InChI=1S/C10H22N2O5S/c1-10(2,7-13)8(14)9(15)11-5-6-18(16,17)12(3)4/h8,13-14H,5-7H2,1-4H3,(H,11,15)/t8-/m0/s1. The Hall–Kier alpha value is -0.700. The van der Waals surface area contributed by atoms with Gasteiger partial charge in [0.05, 0.1) is 12.4 Å². The van der Waals surface area contributed by atoms with Crippen molar-refractivity contribution in [2.24, 2.45) is 5.41 Å². The van der Waals surface area contributed by atoms with Crippen LogP contribution in [0.1, 0.15) is 13.8 Å². The van der Waals surface area contributed by atoms with Gasteiger partial charge in [0.2, 0.25) is 15.9 Å². The highest BCUT2D eigenvalue weighted by atomic mass is 32.2. The second-order valence-corrected chi connectivity index (χ2v) is 7.24. The number of amides is 1. The molecular formula is C10H22N2O5S. The van der Waals surface area contributed by atoms with E-state index in [0.717, 1.165) is 4.31 Å². The van der Waals surface area contributed by atoms with Crippen LogP contribution in [0.5, 0.6) is 0 Å². The maximum absolute atomic E-state index is 11.5. The van der Waals surface area contributed by atoms with Gasteiger partial charge in [-0.1, -0.05) is 13.8 Å². The van der Waals surface area contributed by atoms with E-state index in [2.05, 4.69) is 5.32 Å². The number of carbonyl (C=O) groups is 1. The van der Waals surface area contributed by atoms with Crippen LogP contribution in [0.2, 0.25) is 0 Å². The second-order valence-electron chi connectivity index (χ2n) is 4.94. The van der Waals surface area contributed by atoms with Crippen molar-refractivity contribution in [2.45, 2.75) is 20.0 Å². The molecule has 3 N–H and O–H groups in total. The van der Waals surface area contributed by atoms with Crippen LogP contribution in [-0.2, 0) is 14.8 Å². The van der Waals surface area contributed by atoms with Crippen molar-refractivity contribution >= 4 is 15.9 Å². The molecule has 8 heteroatoms. The highest BCUT2D eigenvalue weighted by Crippen LogP contribution is 2.19. The zero-order valence-electron chi connectivity index (χ0n) is 11.2. The van der Waals surface area contributed by atoms with E-state index >= 15 is 0 Å². The van der Waals surface area contributed by atoms with Crippen molar-refractivity contribution in [2.75, 3.05) is 33.0 Å². The summed E-state index contributed by atoms with van der Waals surface area (Å²) in [6, 6.07) is 0. The zero-order chi connectivity index (χ0) is 14.6. The molecule has 0 aliphatic heterocycles. The topological polar surface area (TPSA) is 107 Å². The molecule has 7 nitrogen and oxygen atoms in total. The first-order chi connectivity index (χ1) is 8.04. The molecule has 0 aromatic carbocycles. The molecule has 0 unspecified atom stereocenters. The predicted octanol–water partition coefficient (Wildman–Crippen LogP) is -1.63. The van der Waals surface area contributed by atoms with E-state index < -0.39 is 27.4 Å². The summed E-state index contributed by atoms with van der Waals surface area (Å²) in [6.45, 7) is 2.64. The third-order valence-corrected chi connectivity index (χ3v) is 4.44. The van der Waals surface area contributed by atoms with Crippen molar-refractivity contribution in [3.63, 3.8) is 0 Å². The van der Waals surface area contributed by atoms with Crippen LogP contribution >= 0.6 is 0 Å². The predicted molar refractivity (Wildman–Crippen MR) is 67.4 cm³/mol. The molecule has 0 heterocycles. The Bertz CT molecular complexity index is 378. The summed E-state index contributed by atoms with van der Waals surface area (Å²) in [4.78, 5) is 11.5. The molecule has 0 spiro atoms. The van der Waals surface area contributed by atoms with Gasteiger partial charge in [0.1, 0.15) is 6.10 Å². The first-order valence-electron chi connectivity index (χ1n) is 5.51. The summed E-state index contributed by atoms with van der Waals surface area (Å²) in [5, 5.41) is 21.0. The molecule has 0 rings (SSSR count). The van der Waals surface area contributed by atoms with E-state index in [0.29, 0.717) is 0 Å². The molecule has 0 fully saturated rings. The molecule has 0 bridgehead atoms. The molecule has 18 heavy (non-hydrogen) atoms. The van der Waals surface area contributed by atoms with Gasteiger partial charge in [-0.05, 0) is 0 Å². The van der Waals surface area contributed by atoms with Gasteiger partial charge in [0, 0.05) is 26.1 Å². The SMILES string of the molecule is CN(C)S(=O)(=O)CCNC(=O)[C@H](O)C(C)(C)CO. The zero-order valence-corrected chi connectivity index (χ0v) is 12.0. The van der Waals surface area contributed by atoms with Gasteiger partial charge < -0.3 is 15.5 Å². The molecule has 0 aliphatic carbocycles. The highest BCUT2D eigenvalue weighted by Gasteiger charge is 2.32. The first kappa shape index (κ1) is 17.3. The maximum atomic E-state index is 11.5. The Balaban J connectivity index is 4.30. The smallest absolute Gasteiger partial charge is 0.249 e. The summed E-state index contributed by atoms with van der Waals surface area (Å²) in [6.07, 6.45) is -1.38. The van der Waals surface area contributed by atoms with Gasteiger partial charge in [-0.3, -0.25) is 4.79 Å². The third-order valence-electron chi connectivity index (χ3n) is 2.61. The average molecular weight is 282 g/mol. The van der Waals surface area contributed by atoms with Crippen molar-refractivity contribution in [3.05, 3.63) is 0 Å². The van der Waals surface area contributed by atoms with Crippen LogP contribution in [-0.4, -0.2) is 67.9 Å². The summed E-state index contributed by atoms with van der Waals surface area (Å²) in [5.41, 5.74) is -0.968. The van der Waals surface area contributed by atoms with E-state index in [1.165, 1.54) is 27.9 Å². The van der Waals surface area contributed by atoms with Gasteiger partial charge >= 0.3 is 0 Å². The summed E-state index contributed by atoms with van der Waals surface area (Å²) in [7, 11) is -0.566. The van der Waals surface area contributed by atoms with Crippen LogP contribution in [0.4, 0.5) is 0 Å². The molecular weight excluding hydrogens is 260 g/mol. The minimum Gasteiger partial charge on any atom is -0.396 e. The Morgan fingerprint density at radius 1 is 1.39 bits per heavy atom. The van der Waals surface area contributed by atoms with Crippen molar-refractivity contribution in [1.82, 2.24) is 9.62 Å². The Kier molecular flexibility index (Phi) is 6.21. The molecule has 0 aromatic heterocycles. The van der Waals surface area contributed by atoms with Crippen molar-refractivity contribution in [3.8, 4) is 0 Å². The molecule has 1 amide bonds. The van der Waals surface area contributed by atoms with Crippen LogP contribution in [0.15, 0.2) is 0 Å². The summed E-state index contributed by atoms with van der Waals surface area (Å²) < 4.78 is 23.9. The molecule has 1 atom stereocenters. The third kappa shape index (κ3) is 4.89. The van der Waals surface area contributed by atoms with E-state index in [9.17, 15) is 18.3 Å². The molecule has 0 aromatic rings. The Labute approximate surface area is 108 Å². The fourth-order valence-corrected chi connectivity index (χ4v) is 1.75. The van der Waals surface area contributed by atoms with Crippen LogP contribution in [0, 0.1) is 5.41 Å². The van der Waals surface area contributed by atoms with E-state index in [4.69, 9.17) is 5.11 Å². The van der Waals surface area contributed by atoms with Crippen LogP contribution < -0.4 is 5.32 Å². The fraction of sp³-hybridized carbons (Fsp3) is 0.900. The molecule has 0 saturated carbocycles. The number of hydrogen-bond donors (Lipinski definition) is 3. The first-order valence-corrected chi connectivity index (χ1v) is 7.12. The maximum Gasteiger partial charge on any atom is 0.249 e. The van der Waals surface area contributed by atoms with E-state index in [-0.39, 0.29) is 18.9 Å². The average Bonchev–Trinajstić information content (AvgIpc) is 2.27. The molecule has 108 valence electrons. The number of nitrogens with one attached hydrogen (secondary N) is 1. The van der Waals surface area contributed by atoms with Gasteiger partial charge in [0.25, 0.3) is 0 Å². The van der Waals surface area contributed by atoms with Gasteiger partial charge in [0.15, 0.2) is 0 Å². The van der Waals surface area contributed by atoms with Crippen molar-refractivity contribution < 1.29 is 23.4 Å². The van der Waals surface area contributed by atoms with E-state index in [1.807, 2.05) is 0 Å². The quantitative estimate of drug-likeness (QED) is 0.520. The minimum atomic E-state index is -3.37. The lowest BCUT2D eigenvalue weighted by Gasteiger charge is -2.27.